The molecule has 2 aromatic rings. The molecule has 310 valence electrons. The first kappa shape index (κ1) is 38.7. The van der Waals surface area contributed by atoms with E-state index in [1.807, 2.05) is 19.1 Å². The minimum Gasteiger partial charge on any atom is -0.456 e. The van der Waals surface area contributed by atoms with Crippen LogP contribution in [-0.4, -0.2) is 109 Å². The van der Waals surface area contributed by atoms with Gasteiger partial charge < -0.3 is 54.0 Å². The van der Waals surface area contributed by atoms with E-state index in [2.05, 4.69) is 6.92 Å². The van der Waals surface area contributed by atoms with Crippen LogP contribution in [0.3, 0.4) is 0 Å². The third-order valence-electron chi connectivity index (χ3n) is 15.9. The van der Waals surface area contributed by atoms with E-state index in [4.69, 9.17) is 28.4 Å². The van der Waals surface area contributed by atoms with E-state index in [0.717, 1.165) is 0 Å². The van der Waals surface area contributed by atoms with Crippen LogP contribution in [0.25, 0.3) is 0 Å². The van der Waals surface area contributed by atoms with E-state index in [-0.39, 0.29) is 37.0 Å². The summed E-state index contributed by atoms with van der Waals surface area (Å²) in [5.74, 6) is -6.19. The third kappa shape index (κ3) is 4.96. The van der Waals surface area contributed by atoms with Gasteiger partial charge >= 0.3 is 17.9 Å². The molecule has 11 bridgehead atoms. The van der Waals surface area contributed by atoms with Gasteiger partial charge in [0.2, 0.25) is 0 Å². The van der Waals surface area contributed by atoms with Gasteiger partial charge in [-0.1, -0.05) is 74.5 Å². The fourth-order valence-electron chi connectivity index (χ4n) is 13.0. The molecule has 8 fully saturated rings. The van der Waals surface area contributed by atoms with Crippen molar-refractivity contribution in [3.63, 3.8) is 0 Å². The fraction of sp³-hybridized carbons (Fsp3) is 0.600. The number of carbonyl (C=O) groups is 2. The van der Waals surface area contributed by atoms with Crippen molar-refractivity contribution in [2.45, 2.75) is 123 Å². The van der Waals surface area contributed by atoms with Crippen molar-refractivity contribution in [1.82, 2.24) is 0 Å². The van der Waals surface area contributed by atoms with Crippen LogP contribution in [0.4, 0.5) is 0 Å². The van der Waals surface area contributed by atoms with Crippen molar-refractivity contribution >= 4 is 11.9 Å². The highest BCUT2D eigenvalue weighted by atomic mass is 16.9. The Labute approximate surface area is 336 Å². The number of fused-ring (bicyclic) bond motifs is 6. The summed E-state index contributed by atoms with van der Waals surface area (Å²) < 4.78 is 39.4. The second-order valence-corrected chi connectivity index (χ2v) is 18.4. The Morgan fingerprint density at radius 2 is 1.59 bits per heavy atom. The molecule has 0 unspecified atom stereocenters. The van der Waals surface area contributed by atoms with Crippen molar-refractivity contribution in [3.05, 3.63) is 96.1 Å². The summed E-state index contributed by atoms with van der Waals surface area (Å²) in [5.41, 5.74) is -8.42. The summed E-state index contributed by atoms with van der Waals surface area (Å²) in [4.78, 5) is 27.0. The molecule has 5 N–H and O–H groups in total. The molecule has 0 radical (unpaired) electrons. The monoisotopic (exact) mass is 800 g/mol. The smallest absolute Gasteiger partial charge is 0.338 e. The third-order valence-corrected chi connectivity index (χ3v) is 15.9. The number of benzene rings is 2. The lowest BCUT2D eigenvalue weighted by atomic mass is 9.49. The van der Waals surface area contributed by atoms with Gasteiger partial charge in [0.05, 0.1) is 23.4 Å². The number of aliphatic hydroxyl groups is 5. The summed E-state index contributed by atoms with van der Waals surface area (Å²) in [6.45, 7) is 4.83. The van der Waals surface area contributed by atoms with Gasteiger partial charge in [0.25, 0.3) is 0 Å². The molecule has 18 atom stereocenters. The first-order chi connectivity index (χ1) is 27.7. The van der Waals surface area contributed by atoms with Gasteiger partial charge in [0, 0.05) is 35.3 Å². The highest BCUT2D eigenvalue weighted by molar-refractivity contribution is 5.89. The first-order valence-corrected chi connectivity index (χ1v) is 20.7. The van der Waals surface area contributed by atoms with Crippen molar-refractivity contribution < 1.29 is 63.5 Å². The van der Waals surface area contributed by atoms with Gasteiger partial charge in [-0.05, 0) is 69.1 Å². The van der Waals surface area contributed by atoms with Crippen LogP contribution < -0.4 is 0 Å². The van der Waals surface area contributed by atoms with E-state index in [9.17, 15) is 35.1 Å². The van der Waals surface area contributed by atoms with Gasteiger partial charge in [0.15, 0.2) is 0 Å². The van der Waals surface area contributed by atoms with Gasteiger partial charge in [-0.15, -0.1) is 0 Å². The Kier molecular flexibility index (Phi) is 8.67. The Balaban J connectivity index is 1.12. The van der Waals surface area contributed by atoms with Crippen LogP contribution >= 0.6 is 0 Å². The Bertz CT molecular complexity index is 2020. The molecule has 6 heterocycles. The second kappa shape index (κ2) is 13.0. The van der Waals surface area contributed by atoms with Gasteiger partial charge in [-0.3, -0.25) is 0 Å². The molecule has 58 heavy (non-hydrogen) atoms. The van der Waals surface area contributed by atoms with Crippen LogP contribution in [0.1, 0.15) is 68.8 Å². The molecule has 1 spiro atoms. The lowest BCUT2D eigenvalue weighted by Gasteiger charge is -2.74. The minimum absolute atomic E-state index is 0.0988. The van der Waals surface area contributed by atoms with Crippen molar-refractivity contribution in [3.8, 4) is 0 Å². The normalized spacial score (nSPS) is 51.1. The predicted molar refractivity (Wildman–Crippen MR) is 202 cm³/mol. The molecular formula is C45H52O13. The topological polar surface area (TPSA) is 194 Å². The SMILES string of the molecule is C[C@H]1[C@@H]2CC[C@@H]1[C@H](OC(=O)c1ccccc1)C=CC=CC(=O)O[C@H]1CC[C@@H]3[C@@]1(O)[C@H](O)[C@@]1(CO)O[C@H]1[C@H]1[C@H]4O[C@]5(c6ccccc6)O[C@@H]([C@@H](C)[C@@]13O5)[C@@]4(O)[C@](C)(O)C2. The van der Waals surface area contributed by atoms with Crippen molar-refractivity contribution in [2.75, 3.05) is 6.61 Å². The van der Waals surface area contributed by atoms with Gasteiger partial charge in [0.1, 0.15) is 53.4 Å². The molecule has 2 aromatic carbocycles. The molecule has 4 saturated carbocycles. The standard InChI is InChI=1S/C45H52O13/c1-24-27-18-19-29(24)30(53-38(48)26-12-6-4-7-13-26)16-10-11-17-33(47)54-32-21-20-31-42(32,51)39(49)41(23-46)36(55-41)34-37-44(52,40(3,50)22-27)35-25(2)43(31,34)58-45(56-35,57-37)28-14-8-5-9-15-28/h4-17,24-25,27,29-32,34-37,39,46,49-52H,18-23H2,1-3H3/t24-,25+,27+,29-,30+,31+,32-,34-,35-,36-,37+,39+,40+,41-,42-,43-,44-,45-/m0/s1. The molecule has 0 aromatic heterocycles. The fourth-order valence-corrected chi connectivity index (χ4v) is 13.0. The maximum absolute atomic E-state index is 13.6. The average Bonchev–Trinajstić information content (AvgIpc) is 3.73. The van der Waals surface area contributed by atoms with E-state index < -0.39 is 107 Å². The highest BCUT2D eigenvalue weighted by Gasteiger charge is 2.90. The molecule has 13 heteroatoms. The molecule has 6 aliphatic heterocycles. The number of rotatable bonds is 4. The van der Waals surface area contributed by atoms with Crippen molar-refractivity contribution in [2.24, 2.45) is 35.5 Å². The Morgan fingerprint density at radius 1 is 0.879 bits per heavy atom. The molecular weight excluding hydrogens is 748 g/mol. The Morgan fingerprint density at radius 3 is 2.31 bits per heavy atom. The minimum atomic E-state index is -2.20. The molecule has 12 rings (SSSR count). The second-order valence-electron chi connectivity index (χ2n) is 18.4. The van der Waals surface area contributed by atoms with E-state index in [1.54, 1.807) is 67.6 Å². The first-order valence-electron chi connectivity index (χ1n) is 20.7. The number of carbonyl (C=O) groups excluding carboxylic acids is 2. The van der Waals surface area contributed by atoms with Crippen LogP contribution in [0.2, 0.25) is 0 Å². The number of allylic oxidation sites excluding steroid dienone is 2. The number of aliphatic hydroxyl groups excluding tert-OH is 2. The van der Waals surface area contributed by atoms with Gasteiger partial charge in [-0.25, -0.2) is 9.59 Å². The molecule has 4 aliphatic carbocycles. The predicted octanol–water partition coefficient (Wildman–Crippen LogP) is 3.06. The molecule has 13 nitrogen and oxygen atoms in total. The van der Waals surface area contributed by atoms with E-state index in [0.29, 0.717) is 24.0 Å². The van der Waals surface area contributed by atoms with Crippen LogP contribution in [0, 0.1) is 35.5 Å². The molecule has 10 aliphatic rings. The maximum Gasteiger partial charge on any atom is 0.338 e. The summed E-state index contributed by atoms with van der Waals surface area (Å²) >= 11 is 0. The van der Waals surface area contributed by atoms with Crippen molar-refractivity contribution in [1.29, 1.82) is 0 Å². The number of ether oxygens (including phenoxy) is 6. The maximum atomic E-state index is 13.6. The summed E-state index contributed by atoms with van der Waals surface area (Å²) in [5, 5.41) is 63.0. The number of hydrogen-bond donors (Lipinski definition) is 5. The largest absolute Gasteiger partial charge is 0.456 e. The highest BCUT2D eigenvalue weighted by Crippen LogP contribution is 2.74. The quantitative estimate of drug-likeness (QED) is 0.224. The number of epoxide rings is 1. The van der Waals surface area contributed by atoms with E-state index >= 15 is 0 Å². The summed E-state index contributed by atoms with van der Waals surface area (Å²) in [7, 11) is 0. The summed E-state index contributed by atoms with van der Waals surface area (Å²) in [6.07, 6.45) is 0.831. The lowest BCUT2D eigenvalue weighted by Crippen LogP contribution is -2.89. The zero-order valence-corrected chi connectivity index (χ0v) is 32.8. The van der Waals surface area contributed by atoms with Crippen LogP contribution in [-0.2, 0) is 39.2 Å². The molecule has 4 saturated heterocycles. The number of hydrogen-bond acceptors (Lipinski definition) is 13. The zero-order chi connectivity index (χ0) is 40.6. The van der Waals surface area contributed by atoms with E-state index in [1.165, 1.54) is 12.2 Å². The number of esters is 2. The zero-order valence-electron chi connectivity index (χ0n) is 32.8. The van der Waals surface area contributed by atoms with Gasteiger partial charge in [-0.2, -0.15) is 0 Å². The lowest BCUT2D eigenvalue weighted by molar-refractivity contribution is -0.595. The summed E-state index contributed by atoms with van der Waals surface area (Å²) in [6, 6.07) is 17.7. The van der Waals surface area contributed by atoms with Crippen LogP contribution in [0.15, 0.2) is 85.0 Å². The van der Waals surface area contributed by atoms with Crippen LogP contribution in [0.5, 0.6) is 0 Å². The Hall–Kier alpha value is -3.50. The average molecular weight is 801 g/mol. The molecule has 0 amide bonds.